The number of hydrogen-bond acceptors (Lipinski definition) is 3. The Morgan fingerprint density at radius 1 is 1.16 bits per heavy atom. The summed E-state index contributed by atoms with van der Waals surface area (Å²) in [6.45, 7) is 24.2. The van der Waals surface area contributed by atoms with E-state index in [4.69, 9.17) is 0 Å². The second kappa shape index (κ2) is 11.9. The van der Waals surface area contributed by atoms with E-state index in [0.29, 0.717) is 5.92 Å². The van der Waals surface area contributed by atoms with Gasteiger partial charge in [0.1, 0.15) is 0 Å². The minimum absolute atomic E-state index is 0.175. The van der Waals surface area contributed by atoms with Gasteiger partial charge in [-0.1, -0.05) is 47.8 Å². The van der Waals surface area contributed by atoms with E-state index in [0.717, 1.165) is 25.2 Å². The summed E-state index contributed by atoms with van der Waals surface area (Å²) < 4.78 is 0. The first-order valence-electron chi connectivity index (χ1n) is 7.38. The SMILES string of the molecule is C=C(C)N=NC(C)CN(CCC)C(=C)C(C)C.CC. The van der Waals surface area contributed by atoms with Crippen LogP contribution in [0.2, 0.25) is 0 Å². The van der Waals surface area contributed by atoms with Gasteiger partial charge in [0.15, 0.2) is 0 Å². The van der Waals surface area contributed by atoms with Crippen LogP contribution >= 0.6 is 0 Å². The van der Waals surface area contributed by atoms with Gasteiger partial charge in [-0.15, -0.1) is 0 Å². The molecule has 0 rings (SSSR count). The summed E-state index contributed by atoms with van der Waals surface area (Å²) in [4.78, 5) is 2.31. The van der Waals surface area contributed by atoms with Gasteiger partial charge >= 0.3 is 0 Å². The van der Waals surface area contributed by atoms with Crippen molar-refractivity contribution in [2.75, 3.05) is 13.1 Å². The summed E-state index contributed by atoms with van der Waals surface area (Å²) >= 11 is 0. The van der Waals surface area contributed by atoms with Crippen molar-refractivity contribution in [1.82, 2.24) is 4.90 Å². The maximum absolute atomic E-state index is 4.23. The lowest BCUT2D eigenvalue weighted by atomic mass is 10.1. The van der Waals surface area contributed by atoms with Crippen molar-refractivity contribution >= 4 is 0 Å². The molecule has 0 aromatic carbocycles. The topological polar surface area (TPSA) is 28.0 Å². The van der Waals surface area contributed by atoms with Crippen LogP contribution < -0.4 is 0 Å². The summed E-state index contributed by atoms with van der Waals surface area (Å²) in [5.74, 6) is 0.479. The summed E-state index contributed by atoms with van der Waals surface area (Å²) in [5.41, 5.74) is 1.94. The van der Waals surface area contributed by atoms with Crippen LogP contribution in [0.4, 0.5) is 0 Å². The Bertz CT molecular complexity index is 280. The average molecular weight is 267 g/mol. The van der Waals surface area contributed by atoms with Crippen molar-refractivity contribution in [2.45, 2.75) is 60.9 Å². The average Bonchev–Trinajstić information content (AvgIpc) is 2.37. The van der Waals surface area contributed by atoms with Crippen LogP contribution in [0.5, 0.6) is 0 Å². The largest absolute Gasteiger partial charge is 0.373 e. The van der Waals surface area contributed by atoms with Gasteiger partial charge < -0.3 is 4.90 Å². The molecular formula is C16H33N3. The Balaban J connectivity index is 0. The zero-order valence-corrected chi connectivity index (χ0v) is 14.0. The van der Waals surface area contributed by atoms with Gasteiger partial charge in [-0.05, 0) is 26.2 Å². The first-order valence-corrected chi connectivity index (χ1v) is 7.38. The fraction of sp³-hybridized carbons (Fsp3) is 0.750. The zero-order valence-electron chi connectivity index (χ0n) is 14.0. The molecular weight excluding hydrogens is 234 g/mol. The summed E-state index contributed by atoms with van der Waals surface area (Å²) in [6, 6.07) is 0.175. The molecule has 0 heterocycles. The van der Waals surface area contributed by atoms with Crippen molar-refractivity contribution in [2.24, 2.45) is 16.1 Å². The lowest BCUT2D eigenvalue weighted by Crippen LogP contribution is -2.31. The predicted molar refractivity (Wildman–Crippen MR) is 86.3 cm³/mol. The highest BCUT2D eigenvalue weighted by molar-refractivity contribution is 4.98. The van der Waals surface area contributed by atoms with E-state index < -0.39 is 0 Å². The molecule has 19 heavy (non-hydrogen) atoms. The van der Waals surface area contributed by atoms with Gasteiger partial charge in [0.05, 0.1) is 11.7 Å². The number of nitrogens with zero attached hydrogens (tertiary/aromatic N) is 3. The zero-order chi connectivity index (χ0) is 15.4. The minimum Gasteiger partial charge on any atom is -0.373 e. The molecule has 0 radical (unpaired) electrons. The second-order valence-corrected chi connectivity index (χ2v) is 4.89. The molecule has 1 atom stereocenters. The molecule has 3 nitrogen and oxygen atoms in total. The van der Waals surface area contributed by atoms with Crippen LogP contribution in [0, 0.1) is 5.92 Å². The lowest BCUT2D eigenvalue weighted by Gasteiger charge is -2.29. The second-order valence-electron chi connectivity index (χ2n) is 4.89. The van der Waals surface area contributed by atoms with Crippen molar-refractivity contribution in [3.05, 3.63) is 24.6 Å². The first kappa shape index (κ1) is 20.2. The third kappa shape index (κ3) is 10.5. The van der Waals surface area contributed by atoms with Gasteiger partial charge in [0.2, 0.25) is 0 Å². The maximum Gasteiger partial charge on any atom is 0.0858 e. The highest BCUT2D eigenvalue weighted by Crippen LogP contribution is 2.14. The molecule has 0 aliphatic rings. The summed E-state index contributed by atoms with van der Waals surface area (Å²) in [6.07, 6.45) is 1.12. The smallest absolute Gasteiger partial charge is 0.0858 e. The Labute approximate surface area is 120 Å². The maximum atomic E-state index is 4.23. The number of rotatable bonds is 8. The van der Waals surface area contributed by atoms with Crippen molar-refractivity contribution in [1.29, 1.82) is 0 Å². The molecule has 0 saturated carbocycles. The molecule has 0 saturated heterocycles. The van der Waals surface area contributed by atoms with Crippen molar-refractivity contribution in [3.8, 4) is 0 Å². The molecule has 0 aliphatic heterocycles. The molecule has 112 valence electrons. The standard InChI is InChI=1S/C14H27N3.C2H6/c1-8-9-17(14(7)11(2)3)10-13(6)16-15-12(4)5;1-2/h11,13H,4,7-10H2,1-3,5-6H3;1-2H3. The fourth-order valence-electron chi connectivity index (χ4n) is 1.54. The predicted octanol–water partition coefficient (Wildman–Crippen LogP) is 5.27. The van der Waals surface area contributed by atoms with E-state index in [9.17, 15) is 0 Å². The number of azo groups is 1. The third-order valence-corrected chi connectivity index (χ3v) is 2.48. The Morgan fingerprint density at radius 3 is 2.05 bits per heavy atom. The van der Waals surface area contributed by atoms with Crippen LogP contribution in [0.25, 0.3) is 0 Å². The van der Waals surface area contributed by atoms with E-state index in [-0.39, 0.29) is 6.04 Å². The summed E-state index contributed by atoms with van der Waals surface area (Å²) in [7, 11) is 0. The van der Waals surface area contributed by atoms with Gasteiger partial charge in [0, 0.05) is 18.8 Å². The Morgan fingerprint density at radius 2 is 1.68 bits per heavy atom. The Kier molecular flexibility index (Phi) is 12.7. The molecule has 1 unspecified atom stereocenters. The fourth-order valence-corrected chi connectivity index (χ4v) is 1.54. The van der Waals surface area contributed by atoms with Gasteiger partial charge in [-0.2, -0.15) is 10.2 Å². The van der Waals surface area contributed by atoms with Crippen molar-refractivity contribution < 1.29 is 0 Å². The van der Waals surface area contributed by atoms with Crippen LogP contribution in [0.15, 0.2) is 34.8 Å². The van der Waals surface area contributed by atoms with Gasteiger partial charge in [-0.3, -0.25) is 0 Å². The molecule has 0 bridgehead atoms. The Hall–Kier alpha value is -1.12. The van der Waals surface area contributed by atoms with E-state index in [1.807, 2.05) is 20.8 Å². The minimum atomic E-state index is 0.175. The molecule has 0 N–H and O–H groups in total. The highest BCUT2D eigenvalue weighted by Gasteiger charge is 2.13. The molecule has 3 heteroatoms. The van der Waals surface area contributed by atoms with E-state index in [2.05, 4.69) is 56.0 Å². The number of allylic oxidation sites excluding steroid dienone is 2. The van der Waals surface area contributed by atoms with Gasteiger partial charge in [-0.25, -0.2) is 0 Å². The van der Waals surface area contributed by atoms with Crippen LogP contribution in [-0.4, -0.2) is 24.0 Å². The van der Waals surface area contributed by atoms with Crippen LogP contribution in [0.1, 0.15) is 54.9 Å². The third-order valence-electron chi connectivity index (χ3n) is 2.48. The quantitative estimate of drug-likeness (QED) is 0.551. The van der Waals surface area contributed by atoms with Crippen LogP contribution in [0.3, 0.4) is 0 Å². The lowest BCUT2D eigenvalue weighted by molar-refractivity contribution is 0.298. The molecule has 0 spiro atoms. The summed E-state index contributed by atoms with van der Waals surface area (Å²) in [5, 5.41) is 8.25. The molecule has 0 fully saturated rings. The molecule has 0 aliphatic carbocycles. The van der Waals surface area contributed by atoms with Crippen molar-refractivity contribution in [3.63, 3.8) is 0 Å². The van der Waals surface area contributed by atoms with E-state index in [1.54, 1.807) is 0 Å². The van der Waals surface area contributed by atoms with E-state index in [1.165, 1.54) is 5.70 Å². The number of hydrogen-bond donors (Lipinski definition) is 0. The van der Waals surface area contributed by atoms with E-state index >= 15 is 0 Å². The molecule has 0 amide bonds. The normalized spacial score (nSPS) is 12.0. The van der Waals surface area contributed by atoms with Crippen LogP contribution in [-0.2, 0) is 0 Å². The first-order chi connectivity index (χ1) is 8.88. The van der Waals surface area contributed by atoms with Gasteiger partial charge in [0.25, 0.3) is 0 Å². The monoisotopic (exact) mass is 267 g/mol. The highest BCUT2D eigenvalue weighted by atomic mass is 15.2. The molecule has 0 aromatic rings. The molecule has 0 aromatic heterocycles.